The van der Waals surface area contributed by atoms with Gasteiger partial charge >= 0.3 is 0 Å². The molecule has 6 rings (SSSR count). The number of nitrogens with zero attached hydrogens (tertiary/aromatic N) is 2. The van der Waals surface area contributed by atoms with Gasteiger partial charge < -0.3 is 9.67 Å². The lowest BCUT2D eigenvalue weighted by Crippen LogP contribution is -2.37. The highest BCUT2D eigenvalue weighted by Gasteiger charge is 2.40. The Balaban J connectivity index is 1.24. The van der Waals surface area contributed by atoms with E-state index in [9.17, 15) is 5.11 Å². The topological polar surface area (TPSA) is 38.1 Å². The van der Waals surface area contributed by atoms with Crippen LogP contribution in [0.2, 0.25) is 0 Å². The minimum Gasteiger partial charge on any atom is -0.392 e. The quantitative estimate of drug-likeness (QED) is 0.397. The zero-order chi connectivity index (χ0) is 26.7. The lowest BCUT2D eigenvalue weighted by Gasteiger charge is -2.38. The van der Waals surface area contributed by atoms with Crippen molar-refractivity contribution in [1.82, 2.24) is 9.55 Å². The lowest BCUT2D eigenvalue weighted by molar-refractivity contribution is 0.00738. The Morgan fingerprint density at radius 3 is 1.77 bits per heavy atom. The normalized spacial score (nSPS) is 30.7. The Morgan fingerprint density at radius 2 is 1.15 bits per heavy atom. The molecule has 3 saturated carbocycles. The summed E-state index contributed by atoms with van der Waals surface area (Å²) in [5, 5.41) is 12.0. The van der Waals surface area contributed by atoms with Gasteiger partial charge in [0.2, 0.25) is 0 Å². The molecular formula is C36H56N2O. The first-order chi connectivity index (χ1) is 19.3. The Kier molecular flexibility index (Phi) is 11.4. The first kappa shape index (κ1) is 28.9. The van der Waals surface area contributed by atoms with Crippen molar-refractivity contribution in [2.45, 2.75) is 153 Å². The molecule has 1 aromatic heterocycles. The molecule has 3 heteroatoms. The molecule has 1 aromatic carbocycles. The zero-order valence-corrected chi connectivity index (χ0v) is 24.7. The van der Waals surface area contributed by atoms with E-state index in [0.29, 0.717) is 5.92 Å². The predicted molar refractivity (Wildman–Crippen MR) is 164 cm³/mol. The third-order valence-corrected chi connectivity index (χ3v) is 10.6. The molecule has 216 valence electrons. The molecule has 3 atom stereocenters. The van der Waals surface area contributed by atoms with Crippen molar-refractivity contribution in [2.24, 2.45) is 17.8 Å². The summed E-state index contributed by atoms with van der Waals surface area (Å²) in [6, 6.07) is 9.12. The predicted octanol–water partition coefficient (Wildman–Crippen LogP) is 10.3. The average molecular weight is 533 g/mol. The van der Waals surface area contributed by atoms with Crippen molar-refractivity contribution >= 4 is 0 Å². The van der Waals surface area contributed by atoms with Gasteiger partial charge in [-0.1, -0.05) is 146 Å². The van der Waals surface area contributed by atoms with E-state index in [2.05, 4.69) is 33.8 Å². The average Bonchev–Trinajstić information content (AvgIpc) is 3.56. The van der Waals surface area contributed by atoms with E-state index in [1.165, 1.54) is 152 Å². The molecule has 2 heterocycles. The van der Waals surface area contributed by atoms with Crippen molar-refractivity contribution in [3.8, 4) is 11.3 Å². The lowest BCUT2D eigenvalue weighted by atomic mass is 9.72. The van der Waals surface area contributed by atoms with E-state index < -0.39 is 0 Å². The second kappa shape index (κ2) is 15.4. The van der Waals surface area contributed by atoms with Gasteiger partial charge in [-0.05, 0) is 36.7 Å². The maximum Gasteiger partial charge on any atom is 0.0956 e. The van der Waals surface area contributed by atoms with Crippen LogP contribution in [0.1, 0.15) is 153 Å². The molecule has 3 aliphatic carbocycles. The standard InChI is InChI=1S/C36H56N2O/c39-36-30-25-23-29(24-26-30)19-15-13-11-9-7-5-3-1-2-4-6-8-10-12-14-16-22-33(36)35-32-21-18-17-20-31(32)34-27-37-28-38(34)35/h17-18,20-21,27-30,33,35-36,39H,1-16,19,22-26H2/t29?,30?,33-,35-,36-/m0/s1. The van der Waals surface area contributed by atoms with Crippen LogP contribution in [-0.4, -0.2) is 20.8 Å². The van der Waals surface area contributed by atoms with Gasteiger partial charge in [0.25, 0.3) is 0 Å². The Morgan fingerprint density at radius 1 is 0.615 bits per heavy atom. The van der Waals surface area contributed by atoms with Gasteiger partial charge in [-0.2, -0.15) is 0 Å². The van der Waals surface area contributed by atoms with Gasteiger partial charge in [-0.15, -0.1) is 0 Å². The fourth-order valence-corrected chi connectivity index (χ4v) is 8.28. The largest absolute Gasteiger partial charge is 0.392 e. The molecule has 4 aliphatic rings. The maximum atomic E-state index is 12.0. The number of fused-ring (bicyclic) bond motifs is 24. The Bertz CT molecular complexity index is 958. The number of hydrogen-bond acceptors (Lipinski definition) is 2. The number of aromatic nitrogens is 2. The van der Waals surface area contributed by atoms with Crippen molar-refractivity contribution in [3.63, 3.8) is 0 Å². The minimum atomic E-state index is -0.220. The Hall–Kier alpha value is -1.61. The zero-order valence-electron chi connectivity index (χ0n) is 24.7. The van der Waals surface area contributed by atoms with Crippen LogP contribution >= 0.6 is 0 Å². The third-order valence-electron chi connectivity index (χ3n) is 10.6. The summed E-state index contributed by atoms with van der Waals surface area (Å²) in [5.41, 5.74) is 3.96. The van der Waals surface area contributed by atoms with Crippen LogP contribution < -0.4 is 0 Å². The highest BCUT2D eigenvalue weighted by atomic mass is 16.3. The molecule has 0 saturated heterocycles. The molecule has 0 radical (unpaired) electrons. The maximum absolute atomic E-state index is 12.0. The fraction of sp³-hybridized carbons (Fsp3) is 0.750. The van der Waals surface area contributed by atoms with Gasteiger partial charge in [0, 0.05) is 11.5 Å². The third kappa shape index (κ3) is 7.78. The molecule has 3 fully saturated rings. The molecule has 0 spiro atoms. The molecule has 2 aromatic rings. The van der Waals surface area contributed by atoms with Crippen LogP contribution in [0.15, 0.2) is 36.8 Å². The summed E-state index contributed by atoms with van der Waals surface area (Å²) in [6.45, 7) is 0. The van der Waals surface area contributed by atoms with Gasteiger partial charge in [0.15, 0.2) is 0 Å². The van der Waals surface area contributed by atoms with Crippen LogP contribution in [0.25, 0.3) is 11.3 Å². The monoisotopic (exact) mass is 532 g/mol. The van der Waals surface area contributed by atoms with E-state index in [4.69, 9.17) is 0 Å². The number of imidazole rings is 1. The first-order valence-electron chi connectivity index (χ1n) is 17.1. The molecule has 3 nitrogen and oxygen atoms in total. The smallest absolute Gasteiger partial charge is 0.0956 e. The van der Waals surface area contributed by atoms with E-state index in [1.807, 2.05) is 12.5 Å². The summed E-state index contributed by atoms with van der Waals surface area (Å²) in [4.78, 5) is 4.54. The molecule has 39 heavy (non-hydrogen) atoms. The second-order valence-corrected chi connectivity index (χ2v) is 13.4. The Labute approximate surface area is 239 Å². The minimum absolute atomic E-state index is 0.220. The number of rotatable bonds is 1. The van der Waals surface area contributed by atoms with Crippen LogP contribution in [0.4, 0.5) is 0 Å². The SMILES string of the molecule is O[C@H]1C2CCC(CCCCCCCCCCCCCCCCCC[C@H]1[C@@H]1c3ccccc3-c3cncn31)CC2. The highest BCUT2D eigenvalue weighted by molar-refractivity contribution is 5.69. The van der Waals surface area contributed by atoms with Gasteiger partial charge in [-0.25, -0.2) is 4.98 Å². The van der Waals surface area contributed by atoms with E-state index in [-0.39, 0.29) is 18.1 Å². The number of hydrogen-bond donors (Lipinski definition) is 1. The van der Waals surface area contributed by atoms with Gasteiger partial charge in [0.1, 0.15) is 0 Å². The molecule has 0 amide bonds. The number of aliphatic hydroxyl groups is 1. The van der Waals surface area contributed by atoms with E-state index in [0.717, 1.165) is 12.3 Å². The second-order valence-electron chi connectivity index (χ2n) is 13.4. The summed E-state index contributed by atoms with van der Waals surface area (Å²) in [7, 11) is 0. The van der Waals surface area contributed by atoms with Gasteiger partial charge in [-0.3, -0.25) is 0 Å². The van der Waals surface area contributed by atoms with Crippen molar-refractivity contribution in [3.05, 3.63) is 42.4 Å². The van der Waals surface area contributed by atoms with Crippen molar-refractivity contribution in [2.75, 3.05) is 0 Å². The van der Waals surface area contributed by atoms with Crippen LogP contribution in [0, 0.1) is 17.8 Å². The molecule has 2 bridgehead atoms. The number of aliphatic hydroxyl groups excluding tert-OH is 1. The molecule has 1 N–H and O–H groups in total. The first-order valence-corrected chi connectivity index (χ1v) is 17.1. The summed E-state index contributed by atoms with van der Waals surface area (Å²) >= 11 is 0. The van der Waals surface area contributed by atoms with Gasteiger partial charge in [0.05, 0.1) is 30.4 Å². The summed E-state index contributed by atoms with van der Waals surface area (Å²) in [5.74, 6) is 1.62. The molecule has 0 unspecified atom stereocenters. The fourth-order valence-electron chi connectivity index (χ4n) is 8.28. The summed E-state index contributed by atoms with van der Waals surface area (Å²) in [6.07, 6.45) is 34.0. The van der Waals surface area contributed by atoms with Crippen LogP contribution in [0.3, 0.4) is 0 Å². The molecular weight excluding hydrogens is 476 g/mol. The highest BCUT2D eigenvalue weighted by Crippen LogP contribution is 2.47. The summed E-state index contributed by atoms with van der Waals surface area (Å²) < 4.78 is 2.39. The van der Waals surface area contributed by atoms with Crippen molar-refractivity contribution < 1.29 is 5.11 Å². The van der Waals surface area contributed by atoms with Crippen molar-refractivity contribution in [1.29, 1.82) is 0 Å². The van der Waals surface area contributed by atoms with Crippen LogP contribution in [-0.2, 0) is 0 Å². The van der Waals surface area contributed by atoms with E-state index in [1.54, 1.807) is 0 Å². The molecule has 1 aliphatic heterocycles. The number of benzene rings is 1. The van der Waals surface area contributed by atoms with E-state index >= 15 is 0 Å². The van der Waals surface area contributed by atoms with Crippen LogP contribution in [0.5, 0.6) is 0 Å².